The fourth-order valence-corrected chi connectivity index (χ4v) is 4.26. The molecule has 8 heteroatoms. The third kappa shape index (κ3) is 4.64. The molecule has 0 unspecified atom stereocenters. The number of nitrogens with one attached hydrogen (secondary N) is 1. The predicted octanol–water partition coefficient (Wildman–Crippen LogP) is 4.01. The summed E-state index contributed by atoms with van der Waals surface area (Å²) in [6.07, 6.45) is 10.8. The number of likely N-dealkylation sites (tertiary alicyclic amines) is 1. The monoisotopic (exact) mass is 442 g/mol. The van der Waals surface area contributed by atoms with Crippen LogP contribution in [0.2, 0.25) is 0 Å². The van der Waals surface area contributed by atoms with Gasteiger partial charge in [-0.25, -0.2) is 14.4 Å². The molecule has 1 saturated heterocycles. The Balaban J connectivity index is 1.29. The number of H-pyrrole nitrogens is 1. The summed E-state index contributed by atoms with van der Waals surface area (Å²) in [5.74, 6) is 0.471. The van der Waals surface area contributed by atoms with Crippen LogP contribution in [0.25, 0.3) is 11.5 Å². The molecule has 1 aromatic carbocycles. The van der Waals surface area contributed by atoms with E-state index in [2.05, 4.69) is 24.9 Å². The van der Waals surface area contributed by atoms with Crippen LogP contribution in [-0.2, 0) is 6.42 Å². The molecule has 0 aliphatic carbocycles. The lowest BCUT2D eigenvalue weighted by molar-refractivity contribution is 0.0705. The Morgan fingerprint density at radius 1 is 1.03 bits per heavy atom. The zero-order chi connectivity index (χ0) is 22.6. The molecule has 166 valence electrons. The molecule has 1 fully saturated rings. The SMILES string of the molecule is O=C(c1ccc(Cc2ccc(F)cc2)nc1)N1CCC[C@@H](c2nccnc2-c2ncc[nH]2)C1. The number of aromatic amines is 1. The van der Waals surface area contributed by atoms with E-state index in [1.54, 1.807) is 43.1 Å². The third-order valence-electron chi connectivity index (χ3n) is 5.91. The lowest BCUT2D eigenvalue weighted by atomic mass is 9.92. The number of rotatable bonds is 5. The Hall–Kier alpha value is -3.94. The van der Waals surface area contributed by atoms with E-state index in [9.17, 15) is 9.18 Å². The largest absolute Gasteiger partial charge is 0.343 e. The minimum atomic E-state index is -0.259. The summed E-state index contributed by atoms with van der Waals surface area (Å²) in [4.78, 5) is 36.0. The highest BCUT2D eigenvalue weighted by Crippen LogP contribution is 2.31. The van der Waals surface area contributed by atoms with E-state index in [0.29, 0.717) is 30.9 Å². The van der Waals surface area contributed by atoms with E-state index < -0.39 is 0 Å². The summed E-state index contributed by atoms with van der Waals surface area (Å²) >= 11 is 0. The quantitative estimate of drug-likeness (QED) is 0.505. The van der Waals surface area contributed by atoms with E-state index in [0.717, 1.165) is 35.5 Å². The zero-order valence-corrected chi connectivity index (χ0v) is 18.0. The van der Waals surface area contributed by atoms with Crippen molar-refractivity contribution in [2.45, 2.75) is 25.2 Å². The van der Waals surface area contributed by atoms with Gasteiger partial charge in [0.25, 0.3) is 5.91 Å². The number of hydrogen-bond acceptors (Lipinski definition) is 5. The third-order valence-corrected chi connectivity index (χ3v) is 5.91. The first-order valence-corrected chi connectivity index (χ1v) is 11.0. The Morgan fingerprint density at radius 2 is 1.88 bits per heavy atom. The van der Waals surface area contributed by atoms with Crippen molar-refractivity contribution in [3.05, 3.63) is 95.7 Å². The van der Waals surface area contributed by atoms with Gasteiger partial charge in [-0.3, -0.25) is 14.8 Å². The van der Waals surface area contributed by atoms with Gasteiger partial charge in [0.15, 0.2) is 5.82 Å². The molecule has 1 amide bonds. The van der Waals surface area contributed by atoms with Crippen LogP contribution in [0, 0.1) is 5.82 Å². The van der Waals surface area contributed by atoms with Gasteiger partial charge in [0, 0.05) is 62.1 Å². The molecule has 1 aliphatic rings. The molecule has 33 heavy (non-hydrogen) atoms. The maximum atomic E-state index is 13.2. The molecule has 5 rings (SSSR count). The Bertz CT molecular complexity index is 1220. The van der Waals surface area contributed by atoms with Crippen molar-refractivity contribution in [1.29, 1.82) is 0 Å². The fraction of sp³-hybridized carbons (Fsp3) is 0.240. The second kappa shape index (κ2) is 9.28. The lowest BCUT2D eigenvalue weighted by Crippen LogP contribution is -2.39. The summed E-state index contributed by atoms with van der Waals surface area (Å²) < 4.78 is 13.1. The number of hydrogen-bond donors (Lipinski definition) is 1. The fourth-order valence-electron chi connectivity index (χ4n) is 4.26. The molecule has 1 aliphatic heterocycles. The number of imidazole rings is 1. The van der Waals surface area contributed by atoms with Crippen LogP contribution in [0.5, 0.6) is 0 Å². The average molecular weight is 442 g/mol. The van der Waals surface area contributed by atoms with Gasteiger partial charge >= 0.3 is 0 Å². The van der Waals surface area contributed by atoms with Crippen LogP contribution in [0.4, 0.5) is 4.39 Å². The van der Waals surface area contributed by atoms with E-state index >= 15 is 0 Å². The van der Waals surface area contributed by atoms with Gasteiger partial charge in [0.1, 0.15) is 11.5 Å². The van der Waals surface area contributed by atoms with Crippen molar-refractivity contribution in [2.24, 2.45) is 0 Å². The van der Waals surface area contributed by atoms with Crippen LogP contribution in [-0.4, -0.2) is 48.8 Å². The molecule has 4 aromatic rings. The molecule has 4 heterocycles. The van der Waals surface area contributed by atoms with Crippen molar-refractivity contribution in [2.75, 3.05) is 13.1 Å². The second-order valence-electron chi connectivity index (χ2n) is 8.16. The number of carbonyl (C=O) groups is 1. The van der Waals surface area contributed by atoms with Crippen molar-refractivity contribution in [3.8, 4) is 11.5 Å². The van der Waals surface area contributed by atoms with Gasteiger partial charge in [-0.2, -0.15) is 0 Å². The normalized spacial score (nSPS) is 16.0. The first-order chi connectivity index (χ1) is 16.2. The lowest BCUT2D eigenvalue weighted by Gasteiger charge is -2.33. The summed E-state index contributed by atoms with van der Waals surface area (Å²) in [6.45, 7) is 1.27. The van der Waals surface area contributed by atoms with Crippen molar-refractivity contribution in [1.82, 2.24) is 29.8 Å². The summed E-state index contributed by atoms with van der Waals surface area (Å²) in [5, 5.41) is 0. The van der Waals surface area contributed by atoms with Crippen molar-refractivity contribution < 1.29 is 9.18 Å². The maximum absolute atomic E-state index is 13.2. The van der Waals surface area contributed by atoms with Crippen LogP contribution in [0.15, 0.2) is 67.4 Å². The predicted molar refractivity (Wildman–Crippen MR) is 121 cm³/mol. The number of benzene rings is 1. The Kier molecular flexibility index (Phi) is 5.89. The number of piperidine rings is 1. The topological polar surface area (TPSA) is 87.7 Å². The van der Waals surface area contributed by atoms with Gasteiger partial charge in [-0.1, -0.05) is 12.1 Å². The van der Waals surface area contributed by atoms with E-state index in [-0.39, 0.29) is 17.6 Å². The highest BCUT2D eigenvalue weighted by molar-refractivity contribution is 5.94. The smallest absolute Gasteiger partial charge is 0.255 e. The molecule has 0 radical (unpaired) electrons. The second-order valence-corrected chi connectivity index (χ2v) is 8.16. The van der Waals surface area contributed by atoms with Gasteiger partial charge < -0.3 is 9.88 Å². The summed E-state index contributed by atoms with van der Waals surface area (Å²) in [6, 6.07) is 10.0. The number of amides is 1. The standard InChI is InChI=1S/C25H23FN6O/c26-20-6-3-17(4-7-20)14-21-8-5-18(15-31-21)25(33)32-13-1-2-19(16-32)22-23(28-10-9-27-22)24-29-11-12-30-24/h3-12,15,19H,1-2,13-14,16H2,(H,29,30)/t19-/m1/s1. The van der Waals surface area contributed by atoms with Gasteiger partial charge in [0.05, 0.1) is 11.3 Å². The van der Waals surface area contributed by atoms with E-state index in [1.807, 2.05) is 17.0 Å². The van der Waals surface area contributed by atoms with Gasteiger partial charge in [0.2, 0.25) is 0 Å². The minimum Gasteiger partial charge on any atom is -0.343 e. The van der Waals surface area contributed by atoms with Crippen LogP contribution in [0.3, 0.4) is 0 Å². The van der Waals surface area contributed by atoms with Crippen LogP contribution < -0.4 is 0 Å². The molecular formula is C25H23FN6O. The summed E-state index contributed by atoms with van der Waals surface area (Å²) in [7, 11) is 0. The maximum Gasteiger partial charge on any atom is 0.255 e. The molecule has 0 spiro atoms. The highest BCUT2D eigenvalue weighted by atomic mass is 19.1. The van der Waals surface area contributed by atoms with E-state index in [1.165, 1.54) is 12.1 Å². The molecule has 0 saturated carbocycles. The van der Waals surface area contributed by atoms with Crippen molar-refractivity contribution >= 4 is 5.91 Å². The number of aromatic nitrogens is 5. The van der Waals surface area contributed by atoms with Gasteiger partial charge in [-0.05, 0) is 42.7 Å². The minimum absolute atomic E-state index is 0.0380. The van der Waals surface area contributed by atoms with Crippen LogP contribution in [0.1, 0.15) is 46.1 Å². The number of carbonyl (C=O) groups excluding carboxylic acids is 1. The van der Waals surface area contributed by atoms with E-state index in [4.69, 9.17) is 0 Å². The molecule has 0 bridgehead atoms. The number of pyridine rings is 1. The molecule has 1 atom stereocenters. The van der Waals surface area contributed by atoms with Crippen molar-refractivity contribution in [3.63, 3.8) is 0 Å². The Labute approximate surface area is 190 Å². The highest BCUT2D eigenvalue weighted by Gasteiger charge is 2.29. The number of nitrogens with zero attached hydrogens (tertiary/aromatic N) is 5. The average Bonchev–Trinajstić information content (AvgIpc) is 3.41. The number of halogens is 1. The first-order valence-electron chi connectivity index (χ1n) is 11.0. The molecule has 7 nitrogen and oxygen atoms in total. The molecular weight excluding hydrogens is 419 g/mol. The zero-order valence-electron chi connectivity index (χ0n) is 18.0. The van der Waals surface area contributed by atoms with Crippen LogP contribution >= 0.6 is 0 Å². The first kappa shape index (κ1) is 20.9. The Morgan fingerprint density at radius 3 is 2.64 bits per heavy atom. The molecule has 1 N–H and O–H groups in total. The molecule has 3 aromatic heterocycles. The van der Waals surface area contributed by atoms with Gasteiger partial charge in [-0.15, -0.1) is 0 Å². The summed E-state index contributed by atoms with van der Waals surface area (Å²) in [5.41, 5.74) is 3.95.